The van der Waals surface area contributed by atoms with Crippen LogP contribution in [-0.4, -0.2) is 19.6 Å². The molecule has 0 saturated carbocycles. The SMILES string of the molecule is COc1ccc(Br)cc1CNC(=O)C(C)(C)CCN. The van der Waals surface area contributed by atoms with Gasteiger partial charge in [0.2, 0.25) is 5.91 Å². The minimum absolute atomic E-state index is 0.0000198. The van der Waals surface area contributed by atoms with E-state index >= 15 is 0 Å². The lowest BCUT2D eigenvalue weighted by Gasteiger charge is -2.23. The molecule has 0 aromatic heterocycles. The first kappa shape index (κ1) is 16.0. The van der Waals surface area contributed by atoms with Crippen molar-refractivity contribution >= 4 is 21.8 Å². The predicted octanol–water partition coefficient (Wildman–Crippen LogP) is 2.45. The van der Waals surface area contributed by atoms with Crippen LogP contribution in [0.1, 0.15) is 25.8 Å². The number of nitrogens with two attached hydrogens (primary N) is 1. The van der Waals surface area contributed by atoms with Crippen LogP contribution in [0.25, 0.3) is 0 Å². The van der Waals surface area contributed by atoms with Gasteiger partial charge in [0.25, 0.3) is 0 Å². The fourth-order valence-corrected chi connectivity index (χ4v) is 2.18. The van der Waals surface area contributed by atoms with Crippen molar-refractivity contribution in [2.75, 3.05) is 13.7 Å². The van der Waals surface area contributed by atoms with E-state index < -0.39 is 5.41 Å². The van der Waals surface area contributed by atoms with E-state index in [9.17, 15) is 4.79 Å². The third kappa shape index (κ3) is 4.51. The van der Waals surface area contributed by atoms with E-state index in [1.807, 2.05) is 32.0 Å². The fraction of sp³-hybridized carbons (Fsp3) is 0.500. The Bertz CT molecular complexity index is 447. The zero-order chi connectivity index (χ0) is 14.5. The van der Waals surface area contributed by atoms with Gasteiger partial charge in [-0.3, -0.25) is 4.79 Å². The third-order valence-corrected chi connectivity index (χ3v) is 3.56. The quantitative estimate of drug-likeness (QED) is 0.843. The second-order valence-corrected chi connectivity index (χ2v) is 5.98. The van der Waals surface area contributed by atoms with E-state index in [1.165, 1.54) is 0 Å². The van der Waals surface area contributed by atoms with Crippen LogP contribution >= 0.6 is 15.9 Å². The summed E-state index contributed by atoms with van der Waals surface area (Å²) in [5.41, 5.74) is 6.01. The second kappa shape index (κ2) is 6.91. The van der Waals surface area contributed by atoms with Crippen molar-refractivity contribution in [3.8, 4) is 5.75 Å². The maximum atomic E-state index is 12.1. The molecule has 0 atom stereocenters. The van der Waals surface area contributed by atoms with Gasteiger partial charge in [-0.25, -0.2) is 0 Å². The average molecular weight is 329 g/mol. The number of hydrogen-bond donors (Lipinski definition) is 2. The maximum absolute atomic E-state index is 12.1. The van der Waals surface area contributed by atoms with Crippen LogP contribution in [0.15, 0.2) is 22.7 Å². The molecule has 3 N–H and O–H groups in total. The summed E-state index contributed by atoms with van der Waals surface area (Å²) in [6, 6.07) is 5.72. The molecule has 0 fully saturated rings. The highest BCUT2D eigenvalue weighted by Crippen LogP contribution is 2.24. The van der Waals surface area contributed by atoms with Crippen LogP contribution in [-0.2, 0) is 11.3 Å². The highest BCUT2D eigenvalue weighted by Gasteiger charge is 2.26. The fourth-order valence-electron chi connectivity index (χ4n) is 1.77. The van der Waals surface area contributed by atoms with Gasteiger partial charge in [-0.2, -0.15) is 0 Å². The number of carbonyl (C=O) groups is 1. The molecule has 1 amide bonds. The second-order valence-electron chi connectivity index (χ2n) is 5.06. The molecular weight excluding hydrogens is 308 g/mol. The number of carbonyl (C=O) groups excluding carboxylic acids is 1. The van der Waals surface area contributed by atoms with Crippen molar-refractivity contribution in [3.05, 3.63) is 28.2 Å². The molecule has 0 radical (unpaired) electrons. The monoisotopic (exact) mass is 328 g/mol. The number of halogens is 1. The Morgan fingerprint density at radius 1 is 1.47 bits per heavy atom. The Kier molecular flexibility index (Phi) is 5.82. The van der Waals surface area contributed by atoms with Crippen LogP contribution in [0.3, 0.4) is 0 Å². The van der Waals surface area contributed by atoms with Crippen molar-refractivity contribution in [3.63, 3.8) is 0 Å². The zero-order valence-corrected chi connectivity index (χ0v) is 13.2. The molecule has 0 aliphatic carbocycles. The molecule has 4 nitrogen and oxygen atoms in total. The molecule has 0 spiro atoms. The number of rotatable bonds is 6. The maximum Gasteiger partial charge on any atom is 0.225 e. The Morgan fingerprint density at radius 3 is 2.74 bits per heavy atom. The largest absolute Gasteiger partial charge is 0.496 e. The van der Waals surface area contributed by atoms with E-state index in [0.717, 1.165) is 15.8 Å². The van der Waals surface area contributed by atoms with E-state index in [0.29, 0.717) is 19.5 Å². The van der Waals surface area contributed by atoms with Crippen molar-refractivity contribution in [2.24, 2.45) is 11.1 Å². The molecule has 5 heteroatoms. The van der Waals surface area contributed by atoms with Gasteiger partial charge in [0.15, 0.2) is 0 Å². The van der Waals surface area contributed by atoms with Crippen LogP contribution in [0.4, 0.5) is 0 Å². The number of nitrogens with one attached hydrogen (secondary N) is 1. The summed E-state index contributed by atoms with van der Waals surface area (Å²) in [6.07, 6.45) is 0.661. The van der Waals surface area contributed by atoms with E-state index in [2.05, 4.69) is 21.2 Å². The average Bonchev–Trinajstić information content (AvgIpc) is 2.36. The normalized spacial score (nSPS) is 11.2. The Hall–Kier alpha value is -1.07. The summed E-state index contributed by atoms with van der Waals surface area (Å²) in [6.45, 7) is 4.73. The molecule has 0 aliphatic rings. The van der Waals surface area contributed by atoms with Crippen molar-refractivity contribution < 1.29 is 9.53 Å². The summed E-state index contributed by atoms with van der Waals surface area (Å²) in [7, 11) is 1.62. The van der Waals surface area contributed by atoms with E-state index in [1.54, 1.807) is 7.11 Å². The van der Waals surface area contributed by atoms with E-state index in [4.69, 9.17) is 10.5 Å². The lowest BCUT2D eigenvalue weighted by atomic mass is 9.88. The van der Waals surface area contributed by atoms with Crippen molar-refractivity contribution in [1.82, 2.24) is 5.32 Å². The van der Waals surface area contributed by atoms with Crippen LogP contribution in [0.5, 0.6) is 5.75 Å². The molecule has 0 bridgehead atoms. The first-order valence-corrected chi connectivity index (χ1v) is 7.01. The smallest absolute Gasteiger partial charge is 0.225 e. The van der Waals surface area contributed by atoms with Crippen molar-refractivity contribution in [1.29, 1.82) is 0 Å². The minimum Gasteiger partial charge on any atom is -0.496 e. The molecule has 106 valence electrons. The van der Waals surface area contributed by atoms with E-state index in [-0.39, 0.29) is 5.91 Å². The standard InChI is InChI=1S/C14H21BrN2O2/c1-14(2,6-7-16)13(18)17-9-10-8-11(15)4-5-12(10)19-3/h4-5,8H,6-7,9,16H2,1-3H3,(H,17,18). The first-order valence-electron chi connectivity index (χ1n) is 6.21. The molecule has 1 aromatic rings. The van der Waals surface area contributed by atoms with Gasteiger partial charge in [-0.05, 0) is 31.2 Å². The number of hydrogen-bond acceptors (Lipinski definition) is 3. The first-order chi connectivity index (χ1) is 8.90. The summed E-state index contributed by atoms with van der Waals surface area (Å²) in [5, 5.41) is 2.93. The molecule has 19 heavy (non-hydrogen) atoms. The van der Waals surface area contributed by atoms with Crippen LogP contribution in [0, 0.1) is 5.41 Å². The molecule has 1 aromatic carbocycles. The zero-order valence-electron chi connectivity index (χ0n) is 11.6. The van der Waals surface area contributed by atoms with Crippen molar-refractivity contribution in [2.45, 2.75) is 26.8 Å². The summed E-state index contributed by atoms with van der Waals surface area (Å²) in [5.74, 6) is 0.764. The number of benzene rings is 1. The van der Waals surface area contributed by atoms with Crippen LogP contribution in [0.2, 0.25) is 0 Å². The predicted molar refractivity (Wildman–Crippen MR) is 80.0 cm³/mol. The Balaban J connectivity index is 2.71. The number of ether oxygens (including phenoxy) is 1. The summed E-state index contributed by atoms with van der Waals surface area (Å²) >= 11 is 3.41. The van der Waals surface area contributed by atoms with Gasteiger partial charge in [0.1, 0.15) is 5.75 Å². The van der Waals surface area contributed by atoms with Crippen LogP contribution < -0.4 is 15.8 Å². The van der Waals surface area contributed by atoms with Gasteiger partial charge in [-0.1, -0.05) is 29.8 Å². The number of methoxy groups -OCH3 is 1. The highest BCUT2D eigenvalue weighted by molar-refractivity contribution is 9.10. The van der Waals surface area contributed by atoms with Gasteiger partial charge < -0.3 is 15.8 Å². The topological polar surface area (TPSA) is 64.3 Å². The minimum atomic E-state index is -0.450. The molecule has 0 heterocycles. The summed E-state index contributed by atoms with van der Waals surface area (Å²) in [4.78, 5) is 12.1. The Morgan fingerprint density at radius 2 is 2.16 bits per heavy atom. The highest BCUT2D eigenvalue weighted by atomic mass is 79.9. The number of amides is 1. The third-order valence-electron chi connectivity index (χ3n) is 3.07. The van der Waals surface area contributed by atoms with Gasteiger partial charge in [-0.15, -0.1) is 0 Å². The lowest BCUT2D eigenvalue weighted by molar-refractivity contribution is -0.129. The summed E-state index contributed by atoms with van der Waals surface area (Å²) < 4.78 is 6.23. The molecule has 0 unspecified atom stereocenters. The lowest BCUT2D eigenvalue weighted by Crippen LogP contribution is -2.37. The molecular formula is C14H21BrN2O2. The Labute approximate surface area is 122 Å². The molecule has 0 saturated heterocycles. The van der Waals surface area contributed by atoms with Gasteiger partial charge in [0.05, 0.1) is 7.11 Å². The molecule has 0 aliphatic heterocycles. The van der Waals surface area contributed by atoms with Gasteiger partial charge >= 0.3 is 0 Å². The molecule has 1 rings (SSSR count). The van der Waals surface area contributed by atoms with Gasteiger partial charge in [0, 0.05) is 22.0 Å².